The lowest BCUT2D eigenvalue weighted by Crippen LogP contribution is -2.17. The highest BCUT2D eigenvalue weighted by atomic mass is 79.9. The van der Waals surface area contributed by atoms with Crippen LogP contribution in [0.5, 0.6) is 5.75 Å². The summed E-state index contributed by atoms with van der Waals surface area (Å²) < 4.78 is 34.3. The molecule has 8 nitrogen and oxygen atoms in total. The fourth-order valence-electron chi connectivity index (χ4n) is 2.93. The molecule has 0 aliphatic carbocycles. The Morgan fingerprint density at radius 3 is 2.27 bits per heavy atom. The van der Waals surface area contributed by atoms with Gasteiger partial charge in [-0.3, -0.25) is 4.79 Å². The number of aryl methyl sites for hydroxylation is 2. The molecule has 0 bridgehead atoms. The molecule has 2 N–H and O–H groups in total. The Morgan fingerprint density at radius 1 is 1.03 bits per heavy atom. The predicted octanol–water partition coefficient (Wildman–Crippen LogP) is 4.94. The van der Waals surface area contributed by atoms with Gasteiger partial charge in [0.2, 0.25) is 5.95 Å². The van der Waals surface area contributed by atoms with Gasteiger partial charge in [-0.2, -0.15) is 0 Å². The molecular weight excluding hydrogens is 508 g/mol. The maximum Gasteiger partial charge on any atom is 0.264 e. The molecule has 0 aliphatic rings. The van der Waals surface area contributed by atoms with Crippen LogP contribution in [0.1, 0.15) is 35.6 Å². The summed E-state index contributed by atoms with van der Waals surface area (Å²) >= 11 is 3.38. The minimum Gasteiger partial charge on any atom is -0.492 e. The Bertz CT molecular complexity index is 1240. The molecule has 174 valence electrons. The van der Waals surface area contributed by atoms with Crippen molar-refractivity contribution in [3.05, 3.63) is 70.0 Å². The fraction of sp³-hybridized carbons (Fsp3) is 0.261. The van der Waals surface area contributed by atoms with E-state index in [0.717, 1.165) is 4.47 Å². The molecule has 0 aliphatic heterocycles. The maximum atomic E-state index is 12.9. The second kappa shape index (κ2) is 10.3. The summed E-state index contributed by atoms with van der Waals surface area (Å²) in [7, 11) is -3.89. The molecule has 0 saturated carbocycles. The first-order valence-corrected chi connectivity index (χ1v) is 12.5. The number of carbonyl (C=O) groups is 1. The van der Waals surface area contributed by atoms with Crippen molar-refractivity contribution in [1.82, 2.24) is 9.97 Å². The summed E-state index contributed by atoms with van der Waals surface area (Å²) in [5.41, 5.74) is 2.12. The van der Waals surface area contributed by atoms with Crippen molar-refractivity contribution in [1.29, 1.82) is 0 Å². The van der Waals surface area contributed by atoms with Crippen LogP contribution < -0.4 is 14.8 Å². The molecule has 1 aromatic heterocycles. The third-order valence-corrected chi connectivity index (χ3v) is 6.23. The van der Waals surface area contributed by atoms with Crippen LogP contribution in [0.3, 0.4) is 0 Å². The number of aromatic nitrogens is 2. The van der Waals surface area contributed by atoms with Gasteiger partial charge in [-0.1, -0.05) is 29.8 Å². The number of amides is 1. The molecule has 2 aromatic carbocycles. The van der Waals surface area contributed by atoms with Gasteiger partial charge in [0.1, 0.15) is 5.75 Å². The Kier molecular flexibility index (Phi) is 7.70. The second-order valence-electron chi connectivity index (χ2n) is 7.90. The maximum absolute atomic E-state index is 12.9. The summed E-state index contributed by atoms with van der Waals surface area (Å²) in [6.07, 6.45) is 0. The van der Waals surface area contributed by atoms with E-state index < -0.39 is 10.0 Å². The van der Waals surface area contributed by atoms with Crippen molar-refractivity contribution in [3.8, 4) is 5.75 Å². The Balaban J connectivity index is 1.75. The van der Waals surface area contributed by atoms with Gasteiger partial charge in [-0.05, 0) is 68.3 Å². The van der Waals surface area contributed by atoms with E-state index in [0.29, 0.717) is 40.9 Å². The monoisotopic (exact) mass is 532 g/mol. The Hall–Kier alpha value is -2.98. The van der Waals surface area contributed by atoms with Crippen LogP contribution in [-0.4, -0.2) is 30.9 Å². The van der Waals surface area contributed by atoms with Crippen molar-refractivity contribution in [3.63, 3.8) is 0 Å². The van der Waals surface area contributed by atoms with E-state index in [2.05, 4.69) is 35.9 Å². The molecule has 1 amide bonds. The number of carbonyl (C=O) groups excluding carboxylic acids is 1. The number of benzene rings is 2. The molecule has 0 radical (unpaired) electrons. The molecule has 3 rings (SSSR count). The topological polar surface area (TPSA) is 110 Å². The molecule has 3 aromatic rings. The van der Waals surface area contributed by atoms with Crippen molar-refractivity contribution in [2.45, 2.75) is 32.6 Å². The van der Waals surface area contributed by atoms with Gasteiger partial charge in [-0.25, -0.2) is 23.1 Å². The van der Waals surface area contributed by atoms with Crippen molar-refractivity contribution >= 4 is 43.5 Å². The van der Waals surface area contributed by atoms with E-state index in [1.54, 1.807) is 38.1 Å². The third kappa shape index (κ3) is 6.75. The van der Waals surface area contributed by atoms with E-state index in [4.69, 9.17) is 4.74 Å². The number of hydrogen-bond donors (Lipinski definition) is 2. The summed E-state index contributed by atoms with van der Waals surface area (Å²) in [6, 6.07) is 12.8. The first kappa shape index (κ1) is 24.7. The number of anilines is 2. The van der Waals surface area contributed by atoms with Crippen LogP contribution in [0.15, 0.2) is 57.9 Å². The van der Waals surface area contributed by atoms with Crippen LogP contribution in [0.25, 0.3) is 0 Å². The third-order valence-electron chi connectivity index (χ3n) is 4.39. The molecular formula is C23H25BrN4O4S. The normalized spacial score (nSPS) is 11.3. The summed E-state index contributed by atoms with van der Waals surface area (Å²) in [5, 5.41) is 2.78. The first-order valence-electron chi connectivity index (χ1n) is 10.2. The highest BCUT2D eigenvalue weighted by molar-refractivity contribution is 9.10. The Morgan fingerprint density at radius 2 is 1.67 bits per heavy atom. The molecule has 0 unspecified atom stereocenters. The molecule has 0 spiro atoms. The highest BCUT2D eigenvalue weighted by Crippen LogP contribution is 2.25. The van der Waals surface area contributed by atoms with Crippen molar-refractivity contribution in [2.24, 2.45) is 5.92 Å². The standard InChI is InChI=1S/C23H25BrN4O4S/c1-14(2)13-32-21-10-5-17(24)12-20(21)22(29)27-18-6-8-19(9-7-18)33(30,31)28-23-25-15(3)11-16(4)26-23/h5-12,14H,13H2,1-4H3,(H,27,29)(H,25,26,28). The summed E-state index contributed by atoms with van der Waals surface area (Å²) in [5.74, 6) is 0.420. The zero-order valence-electron chi connectivity index (χ0n) is 18.7. The fourth-order valence-corrected chi connectivity index (χ4v) is 4.23. The Labute approximate surface area is 202 Å². The number of sulfonamides is 1. The predicted molar refractivity (Wildman–Crippen MR) is 131 cm³/mol. The second-order valence-corrected chi connectivity index (χ2v) is 10.5. The van der Waals surface area contributed by atoms with Gasteiger partial charge in [0.25, 0.3) is 15.9 Å². The lowest BCUT2D eigenvalue weighted by atomic mass is 10.1. The minimum absolute atomic E-state index is 0.00783. The quantitative estimate of drug-likeness (QED) is 0.424. The zero-order valence-corrected chi connectivity index (χ0v) is 21.1. The first-order chi connectivity index (χ1) is 15.5. The number of rotatable bonds is 8. The molecule has 1 heterocycles. The average Bonchev–Trinajstić information content (AvgIpc) is 2.72. The van der Waals surface area contributed by atoms with Gasteiger partial charge < -0.3 is 10.1 Å². The lowest BCUT2D eigenvalue weighted by Gasteiger charge is -2.14. The average molecular weight is 533 g/mol. The van der Waals surface area contributed by atoms with Gasteiger partial charge >= 0.3 is 0 Å². The van der Waals surface area contributed by atoms with Crippen molar-refractivity contribution < 1.29 is 17.9 Å². The SMILES string of the molecule is Cc1cc(C)nc(NS(=O)(=O)c2ccc(NC(=O)c3cc(Br)ccc3OCC(C)C)cc2)n1. The number of halogens is 1. The van der Waals surface area contributed by atoms with Crippen LogP contribution in [0.2, 0.25) is 0 Å². The van der Waals surface area contributed by atoms with E-state index in [1.165, 1.54) is 24.3 Å². The number of nitrogens with zero attached hydrogens (tertiary/aromatic N) is 2. The molecule has 0 atom stereocenters. The van der Waals surface area contributed by atoms with Gasteiger partial charge in [0.05, 0.1) is 17.1 Å². The van der Waals surface area contributed by atoms with Gasteiger partial charge in [0.15, 0.2) is 0 Å². The van der Waals surface area contributed by atoms with E-state index in [-0.39, 0.29) is 16.8 Å². The van der Waals surface area contributed by atoms with Crippen LogP contribution in [-0.2, 0) is 10.0 Å². The molecule has 33 heavy (non-hydrogen) atoms. The lowest BCUT2D eigenvalue weighted by molar-refractivity contribution is 0.102. The van der Waals surface area contributed by atoms with Crippen LogP contribution in [0.4, 0.5) is 11.6 Å². The van der Waals surface area contributed by atoms with Crippen LogP contribution in [0, 0.1) is 19.8 Å². The number of hydrogen-bond acceptors (Lipinski definition) is 6. The summed E-state index contributed by atoms with van der Waals surface area (Å²) in [6.45, 7) is 8.04. The summed E-state index contributed by atoms with van der Waals surface area (Å²) in [4.78, 5) is 21.1. The minimum atomic E-state index is -3.89. The number of nitrogens with one attached hydrogen (secondary N) is 2. The van der Waals surface area contributed by atoms with Crippen molar-refractivity contribution in [2.75, 3.05) is 16.6 Å². The highest BCUT2D eigenvalue weighted by Gasteiger charge is 2.18. The van der Waals surface area contributed by atoms with E-state index >= 15 is 0 Å². The molecule has 0 fully saturated rings. The van der Waals surface area contributed by atoms with Gasteiger partial charge in [0, 0.05) is 21.5 Å². The van der Waals surface area contributed by atoms with Crippen LogP contribution >= 0.6 is 15.9 Å². The largest absolute Gasteiger partial charge is 0.492 e. The smallest absolute Gasteiger partial charge is 0.264 e. The number of ether oxygens (including phenoxy) is 1. The van der Waals surface area contributed by atoms with E-state index in [9.17, 15) is 13.2 Å². The zero-order chi connectivity index (χ0) is 24.2. The van der Waals surface area contributed by atoms with E-state index in [1.807, 2.05) is 13.8 Å². The molecule has 10 heteroatoms. The molecule has 0 saturated heterocycles. The van der Waals surface area contributed by atoms with Gasteiger partial charge in [-0.15, -0.1) is 0 Å².